The molecule has 3 aromatic rings. The summed E-state index contributed by atoms with van der Waals surface area (Å²) in [4.78, 5) is 15.4. The molecule has 172 valence electrons. The van der Waals surface area contributed by atoms with Gasteiger partial charge in [0, 0.05) is 18.0 Å². The maximum atomic E-state index is 13.5. The molecule has 0 spiro atoms. The number of thioether (sulfide) groups is 1. The van der Waals surface area contributed by atoms with Crippen LogP contribution in [0, 0.1) is 0 Å². The quantitative estimate of drug-likeness (QED) is 0.405. The van der Waals surface area contributed by atoms with E-state index in [0.29, 0.717) is 18.4 Å². The Morgan fingerprint density at radius 1 is 0.909 bits per heavy atom. The van der Waals surface area contributed by atoms with E-state index in [0.717, 1.165) is 28.5 Å². The first-order valence-electron chi connectivity index (χ1n) is 11.6. The Kier molecular flexibility index (Phi) is 7.29. The number of carbonyl (C=O) groups is 1. The molecule has 1 aliphatic rings. The molecule has 1 saturated heterocycles. The van der Waals surface area contributed by atoms with Gasteiger partial charge in [-0.1, -0.05) is 76.2 Å². The van der Waals surface area contributed by atoms with Gasteiger partial charge >= 0.3 is 6.03 Å². The number of hydrogen-bond acceptors (Lipinski definition) is 3. The minimum atomic E-state index is -0.0469. The van der Waals surface area contributed by atoms with Gasteiger partial charge in [0.2, 0.25) is 0 Å². The van der Waals surface area contributed by atoms with E-state index in [2.05, 4.69) is 57.3 Å². The lowest BCUT2D eigenvalue weighted by Crippen LogP contribution is -2.35. The summed E-state index contributed by atoms with van der Waals surface area (Å²) in [5.41, 5.74) is 4.39. The van der Waals surface area contributed by atoms with Crippen molar-refractivity contribution in [2.75, 3.05) is 17.6 Å². The molecule has 0 aliphatic carbocycles. The van der Waals surface area contributed by atoms with Crippen molar-refractivity contribution in [3.63, 3.8) is 0 Å². The largest absolute Gasteiger partial charge is 0.457 e. The Bertz CT molecular complexity index is 1070. The zero-order valence-electron chi connectivity index (χ0n) is 19.7. The number of rotatable bonds is 6. The van der Waals surface area contributed by atoms with Crippen LogP contribution >= 0.6 is 11.8 Å². The molecule has 0 aromatic heterocycles. The zero-order chi connectivity index (χ0) is 23.4. The smallest absolute Gasteiger partial charge is 0.323 e. The molecule has 0 bridgehead atoms. The van der Waals surface area contributed by atoms with Crippen LogP contribution in [0.3, 0.4) is 0 Å². The highest BCUT2D eigenvalue weighted by atomic mass is 32.2. The summed E-state index contributed by atoms with van der Waals surface area (Å²) in [6.07, 6.45) is 0. The molecule has 0 radical (unpaired) electrons. The summed E-state index contributed by atoms with van der Waals surface area (Å²) in [6, 6.07) is 24.1. The van der Waals surface area contributed by atoms with Crippen LogP contribution in [-0.2, 0) is 0 Å². The van der Waals surface area contributed by atoms with Crippen molar-refractivity contribution in [1.29, 1.82) is 0 Å². The Morgan fingerprint density at radius 3 is 2.21 bits per heavy atom. The highest BCUT2D eigenvalue weighted by molar-refractivity contribution is 7.99. The van der Waals surface area contributed by atoms with Crippen molar-refractivity contribution in [3.05, 3.63) is 89.5 Å². The van der Waals surface area contributed by atoms with E-state index >= 15 is 0 Å². The first-order chi connectivity index (χ1) is 15.9. The predicted octanol–water partition coefficient (Wildman–Crippen LogP) is 8.01. The number of benzene rings is 3. The molecule has 1 aliphatic heterocycles. The number of anilines is 1. The third-order valence-electron chi connectivity index (χ3n) is 5.88. The van der Waals surface area contributed by atoms with Crippen LogP contribution in [0.25, 0.3) is 0 Å². The molecule has 4 rings (SSSR count). The van der Waals surface area contributed by atoms with Gasteiger partial charge in [0.25, 0.3) is 0 Å². The monoisotopic (exact) mass is 460 g/mol. The molecule has 3 aromatic carbocycles. The molecule has 2 amide bonds. The van der Waals surface area contributed by atoms with E-state index in [1.165, 1.54) is 11.1 Å². The lowest BCUT2D eigenvalue weighted by Gasteiger charge is -2.27. The molecule has 1 fully saturated rings. The predicted molar refractivity (Wildman–Crippen MR) is 139 cm³/mol. The summed E-state index contributed by atoms with van der Waals surface area (Å²) in [5.74, 6) is 3.14. The SMILES string of the molecule is CC(C)c1cccc(C(C)C)c1NC(=O)N1CCSC1c1cccc(Oc2ccccc2)c1. The summed E-state index contributed by atoms with van der Waals surface area (Å²) in [5, 5.41) is 3.24. The van der Waals surface area contributed by atoms with E-state index in [9.17, 15) is 4.79 Å². The molecular formula is C28H32N2O2S. The topological polar surface area (TPSA) is 41.6 Å². The van der Waals surface area contributed by atoms with Crippen LogP contribution in [0.5, 0.6) is 11.5 Å². The van der Waals surface area contributed by atoms with E-state index in [1.807, 2.05) is 53.4 Å². The van der Waals surface area contributed by atoms with Crippen molar-refractivity contribution in [3.8, 4) is 11.5 Å². The number of ether oxygens (including phenoxy) is 1. The number of carbonyl (C=O) groups excluding carboxylic acids is 1. The fraction of sp³-hybridized carbons (Fsp3) is 0.321. The zero-order valence-corrected chi connectivity index (χ0v) is 20.6. The minimum Gasteiger partial charge on any atom is -0.457 e. The van der Waals surface area contributed by atoms with Crippen LogP contribution in [0.15, 0.2) is 72.8 Å². The number of nitrogens with one attached hydrogen (secondary N) is 1. The van der Waals surface area contributed by atoms with Crippen LogP contribution in [0.1, 0.15) is 61.6 Å². The van der Waals surface area contributed by atoms with Crippen LogP contribution < -0.4 is 10.1 Å². The van der Waals surface area contributed by atoms with Crippen molar-refractivity contribution < 1.29 is 9.53 Å². The average Bonchev–Trinajstić information content (AvgIpc) is 3.30. The van der Waals surface area contributed by atoms with Crippen LogP contribution in [0.4, 0.5) is 10.5 Å². The summed E-state index contributed by atoms with van der Waals surface area (Å²) in [6.45, 7) is 9.39. The number of urea groups is 1. The average molecular weight is 461 g/mol. The lowest BCUT2D eigenvalue weighted by molar-refractivity contribution is 0.214. The third kappa shape index (κ3) is 5.36. The summed E-state index contributed by atoms with van der Waals surface area (Å²) < 4.78 is 6.03. The van der Waals surface area contributed by atoms with Crippen molar-refractivity contribution in [1.82, 2.24) is 4.90 Å². The van der Waals surface area contributed by atoms with Gasteiger partial charge in [0.1, 0.15) is 16.9 Å². The minimum absolute atomic E-state index is 0.0435. The van der Waals surface area contributed by atoms with E-state index in [4.69, 9.17) is 4.74 Å². The van der Waals surface area contributed by atoms with Gasteiger partial charge in [-0.05, 0) is 52.8 Å². The lowest BCUT2D eigenvalue weighted by atomic mass is 9.93. The van der Waals surface area contributed by atoms with E-state index < -0.39 is 0 Å². The molecule has 1 N–H and O–H groups in total. The first kappa shape index (κ1) is 23.2. The maximum Gasteiger partial charge on any atom is 0.323 e. The molecule has 5 heteroatoms. The number of nitrogens with zero attached hydrogens (tertiary/aromatic N) is 1. The number of hydrogen-bond donors (Lipinski definition) is 1. The van der Waals surface area contributed by atoms with Crippen LogP contribution in [-0.4, -0.2) is 23.2 Å². The molecule has 1 unspecified atom stereocenters. The Hall–Kier alpha value is -2.92. The highest BCUT2D eigenvalue weighted by Gasteiger charge is 2.32. The van der Waals surface area contributed by atoms with E-state index in [-0.39, 0.29) is 11.4 Å². The van der Waals surface area contributed by atoms with Crippen molar-refractivity contribution in [2.24, 2.45) is 0 Å². The second kappa shape index (κ2) is 10.3. The fourth-order valence-electron chi connectivity index (χ4n) is 4.18. The number of para-hydroxylation sites is 2. The van der Waals surface area contributed by atoms with Gasteiger partial charge < -0.3 is 15.0 Å². The van der Waals surface area contributed by atoms with Crippen LogP contribution in [0.2, 0.25) is 0 Å². The van der Waals surface area contributed by atoms with Crippen molar-refractivity contribution >= 4 is 23.5 Å². The maximum absolute atomic E-state index is 13.5. The van der Waals surface area contributed by atoms with Gasteiger partial charge in [-0.3, -0.25) is 0 Å². The van der Waals surface area contributed by atoms with Gasteiger partial charge in [-0.15, -0.1) is 11.8 Å². The normalized spacial score (nSPS) is 15.8. The highest BCUT2D eigenvalue weighted by Crippen LogP contribution is 2.40. The Balaban J connectivity index is 1.56. The Labute approximate surface area is 201 Å². The Morgan fingerprint density at radius 2 is 1.55 bits per heavy atom. The molecular weight excluding hydrogens is 428 g/mol. The molecule has 1 heterocycles. The third-order valence-corrected chi connectivity index (χ3v) is 7.14. The van der Waals surface area contributed by atoms with Gasteiger partial charge in [-0.2, -0.15) is 0 Å². The second-order valence-electron chi connectivity index (χ2n) is 8.96. The molecule has 33 heavy (non-hydrogen) atoms. The summed E-state index contributed by atoms with van der Waals surface area (Å²) >= 11 is 1.79. The van der Waals surface area contributed by atoms with Gasteiger partial charge in [0.15, 0.2) is 0 Å². The first-order valence-corrected chi connectivity index (χ1v) is 12.6. The molecule has 4 nitrogen and oxygen atoms in total. The molecule has 1 atom stereocenters. The second-order valence-corrected chi connectivity index (χ2v) is 10.1. The fourth-order valence-corrected chi connectivity index (χ4v) is 5.43. The number of amides is 2. The summed E-state index contributed by atoms with van der Waals surface area (Å²) in [7, 11) is 0. The van der Waals surface area contributed by atoms with Crippen molar-refractivity contribution in [2.45, 2.75) is 44.9 Å². The molecule has 0 saturated carbocycles. The van der Waals surface area contributed by atoms with Gasteiger partial charge in [0.05, 0.1) is 0 Å². The standard InChI is InChI=1S/C28H32N2O2S/c1-19(2)24-14-9-15-25(20(3)4)26(24)29-28(31)30-16-17-33-27(30)21-10-8-13-23(18-21)32-22-11-6-5-7-12-22/h5-15,18-20,27H,16-17H2,1-4H3,(H,29,31). The van der Waals surface area contributed by atoms with E-state index in [1.54, 1.807) is 11.8 Å². The van der Waals surface area contributed by atoms with Gasteiger partial charge in [-0.25, -0.2) is 4.79 Å².